The van der Waals surface area contributed by atoms with Crippen molar-refractivity contribution in [2.75, 3.05) is 13.2 Å². The minimum absolute atomic E-state index is 0.173. The number of ether oxygens (including phenoxy) is 2. The molecule has 0 saturated heterocycles. The third kappa shape index (κ3) is 6.17. The largest absolute Gasteiger partial charge is 0.394 e. The molecule has 2 rings (SSSR count). The van der Waals surface area contributed by atoms with Gasteiger partial charge in [0.1, 0.15) is 24.4 Å². The molecule has 0 amide bonds. The molecule has 26 heavy (non-hydrogen) atoms. The lowest BCUT2D eigenvalue weighted by Crippen LogP contribution is -2.49. The molecule has 0 aliphatic carbocycles. The van der Waals surface area contributed by atoms with Gasteiger partial charge in [-0.1, -0.05) is 60.7 Å². The Morgan fingerprint density at radius 1 is 0.692 bits per heavy atom. The lowest BCUT2D eigenvalue weighted by atomic mass is 10.0. The quantitative estimate of drug-likeness (QED) is 0.473. The van der Waals surface area contributed by atoms with E-state index in [9.17, 15) is 15.3 Å². The third-order valence-electron chi connectivity index (χ3n) is 4.06. The molecule has 6 nitrogen and oxygen atoms in total. The molecule has 142 valence electrons. The average molecular weight is 362 g/mol. The summed E-state index contributed by atoms with van der Waals surface area (Å²) in [6, 6.07) is 18.7. The number of rotatable bonds is 11. The van der Waals surface area contributed by atoms with Gasteiger partial charge in [-0.25, -0.2) is 0 Å². The van der Waals surface area contributed by atoms with E-state index >= 15 is 0 Å². The van der Waals surface area contributed by atoms with Crippen molar-refractivity contribution in [2.45, 2.75) is 37.6 Å². The third-order valence-corrected chi connectivity index (χ3v) is 4.06. The van der Waals surface area contributed by atoms with Gasteiger partial charge in [-0.05, 0) is 11.1 Å². The highest BCUT2D eigenvalue weighted by Gasteiger charge is 2.34. The van der Waals surface area contributed by atoms with Crippen molar-refractivity contribution in [1.29, 1.82) is 0 Å². The number of hydrogen-bond donors (Lipinski definition) is 4. The highest BCUT2D eigenvalue weighted by molar-refractivity contribution is 5.14. The van der Waals surface area contributed by atoms with E-state index in [0.717, 1.165) is 11.1 Å². The van der Waals surface area contributed by atoms with Crippen LogP contribution in [0.2, 0.25) is 0 Å². The van der Waals surface area contributed by atoms with Crippen molar-refractivity contribution in [2.24, 2.45) is 0 Å². The van der Waals surface area contributed by atoms with Crippen molar-refractivity contribution >= 4 is 0 Å². The fraction of sp³-hybridized carbons (Fsp3) is 0.400. The molecule has 0 unspecified atom stereocenters. The first-order valence-electron chi connectivity index (χ1n) is 8.54. The van der Waals surface area contributed by atoms with Crippen molar-refractivity contribution in [3.63, 3.8) is 0 Å². The summed E-state index contributed by atoms with van der Waals surface area (Å²) >= 11 is 0. The standard InChI is InChI=1S/C20H26O6/c21-11-17(23)19(24)20(26-14-16-9-5-2-6-10-16)18(12-22)25-13-15-7-3-1-4-8-15/h1-10,17-24H,11-14H2/t17-,18+,19+,20+/m0/s1. The fourth-order valence-electron chi connectivity index (χ4n) is 2.55. The van der Waals surface area contributed by atoms with Gasteiger partial charge in [0.25, 0.3) is 0 Å². The van der Waals surface area contributed by atoms with E-state index in [2.05, 4.69) is 0 Å². The van der Waals surface area contributed by atoms with Crippen molar-refractivity contribution in [1.82, 2.24) is 0 Å². The van der Waals surface area contributed by atoms with E-state index in [4.69, 9.17) is 14.6 Å². The lowest BCUT2D eigenvalue weighted by Gasteiger charge is -2.32. The molecule has 0 aliphatic rings. The van der Waals surface area contributed by atoms with Crippen LogP contribution in [0, 0.1) is 0 Å². The number of aliphatic hydroxyl groups excluding tert-OH is 4. The normalized spacial score (nSPS) is 16.0. The summed E-state index contributed by atoms with van der Waals surface area (Å²) in [4.78, 5) is 0. The zero-order valence-electron chi connectivity index (χ0n) is 14.5. The SMILES string of the molecule is OC[C@H](O)[C@@H](O)[C@H](OCc1ccccc1)[C@@H](CO)OCc1ccccc1. The van der Waals surface area contributed by atoms with Gasteiger partial charge in [0.2, 0.25) is 0 Å². The summed E-state index contributed by atoms with van der Waals surface area (Å²) in [6.07, 6.45) is -4.68. The lowest BCUT2D eigenvalue weighted by molar-refractivity contribution is -0.171. The molecular weight excluding hydrogens is 336 g/mol. The second kappa shape index (κ2) is 11.0. The van der Waals surface area contributed by atoms with Crippen LogP contribution in [0.5, 0.6) is 0 Å². The highest BCUT2D eigenvalue weighted by atomic mass is 16.6. The van der Waals surface area contributed by atoms with E-state index in [1.165, 1.54) is 0 Å². The summed E-state index contributed by atoms with van der Waals surface area (Å²) in [5.74, 6) is 0. The number of benzene rings is 2. The molecule has 0 fully saturated rings. The van der Waals surface area contributed by atoms with E-state index in [1.54, 1.807) is 0 Å². The van der Waals surface area contributed by atoms with Crippen LogP contribution in [0.25, 0.3) is 0 Å². The van der Waals surface area contributed by atoms with Crippen LogP contribution in [0.15, 0.2) is 60.7 Å². The Morgan fingerprint density at radius 2 is 1.19 bits per heavy atom. The predicted molar refractivity (Wildman–Crippen MR) is 96.2 cm³/mol. The summed E-state index contributed by atoms with van der Waals surface area (Å²) < 4.78 is 11.5. The molecule has 0 spiro atoms. The minimum Gasteiger partial charge on any atom is -0.394 e. The van der Waals surface area contributed by atoms with Crippen molar-refractivity contribution in [3.05, 3.63) is 71.8 Å². The molecule has 2 aromatic carbocycles. The summed E-state index contributed by atoms with van der Waals surface area (Å²) in [7, 11) is 0. The van der Waals surface area contributed by atoms with Gasteiger partial charge in [-0.15, -0.1) is 0 Å². The van der Waals surface area contributed by atoms with E-state index < -0.39 is 37.6 Å². The van der Waals surface area contributed by atoms with Gasteiger partial charge >= 0.3 is 0 Å². The first-order valence-corrected chi connectivity index (χ1v) is 8.54. The van der Waals surface area contributed by atoms with Crippen LogP contribution in [0.1, 0.15) is 11.1 Å². The maximum atomic E-state index is 10.3. The molecular formula is C20H26O6. The monoisotopic (exact) mass is 362 g/mol. The zero-order valence-corrected chi connectivity index (χ0v) is 14.5. The second-order valence-electron chi connectivity index (χ2n) is 6.02. The molecule has 0 saturated carbocycles. The highest BCUT2D eigenvalue weighted by Crippen LogP contribution is 2.17. The summed E-state index contributed by atoms with van der Waals surface area (Å²) in [5, 5.41) is 39.0. The minimum atomic E-state index is -1.41. The first-order chi connectivity index (χ1) is 12.7. The summed E-state index contributed by atoms with van der Waals surface area (Å²) in [5.41, 5.74) is 1.79. The maximum Gasteiger partial charge on any atom is 0.115 e. The Hall–Kier alpha value is -1.80. The van der Waals surface area contributed by atoms with E-state index in [1.807, 2.05) is 60.7 Å². The Morgan fingerprint density at radius 3 is 1.65 bits per heavy atom. The molecule has 4 atom stereocenters. The van der Waals surface area contributed by atoms with Gasteiger partial charge in [0.05, 0.1) is 26.4 Å². The van der Waals surface area contributed by atoms with Crippen molar-refractivity contribution in [3.8, 4) is 0 Å². The maximum absolute atomic E-state index is 10.3. The van der Waals surface area contributed by atoms with Crippen LogP contribution in [-0.2, 0) is 22.7 Å². The molecule has 0 aliphatic heterocycles. The second-order valence-corrected chi connectivity index (χ2v) is 6.02. The van der Waals surface area contributed by atoms with Gasteiger partial charge in [0.15, 0.2) is 0 Å². The average Bonchev–Trinajstić information content (AvgIpc) is 2.70. The number of aliphatic hydroxyl groups is 4. The van der Waals surface area contributed by atoms with Gasteiger partial charge < -0.3 is 29.9 Å². The van der Waals surface area contributed by atoms with Crippen LogP contribution < -0.4 is 0 Å². The molecule has 2 aromatic rings. The van der Waals surface area contributed by atoms with Crippen LogP contribution in [0.3, 0.4) is 0 Å². The Bertz CT molecular complexity index is 606. The summed E-state index contributed by atoms with van der Waals surface area (Å²) in [6.45, 7) is -0.629. The van der Waals surface area contributed by atoms with Gasteiger partial charge in [0, 0.05) is 0 Å². The van der Waals surface area contributed by atoms with E-state index in [0.29, 0.717) is 0 Å². The Labute approximate surface area is 153 Å². The topological polar surface area (TPSA) is 99.4 Å². The number of hydrogen-bond acceptors (Lipinski definition) is 6. The first kappa shape index (κ1) is 20.5. The van der Waals surface area contributed by atoms with E-state index in [-0.39, 0.29) is 13.2 Å². The fourth-order valence-corrected chi connectivity index (χ4v) is 2.55. The molecule has 0 radical (unpaired) electrons. The van der Waals surface area contributed by atoms with Crippen LogP contribution >= 0.6 is 0 Å². The molecule has 4 N–H and O–H groups in total. The van der Waals surface area contributed by atoms with Crippen LogP contribution in [0.4, 0.5) is 0 Å². The molecule has 0 heterocycles. The Kier molecular flexibility index (Phi) is 8.70. The van der Waals surface area contributed by atoms with Gasteiger partial charge in [-0.2, -0.15) is 0 Å². The smallest absolute Gasteiger partial charge is 0.115 e. The van der Waals surface area contributed by atoms with Crippen molar-refractivity contribution < 1.29 is 29.9 Å². The molecule has 0 bridgehead atoms. The zero-order chi connectivity index (χ0) is 18.8. The Balaban J connectivity index is 2.05. The van der Waals surface area contributed by atoms with Crippen LogP contribution in [-0.4, -0.2) is 58.1 Å². The predicted octanol–water partition coefficient (Wildman–Crippen LogP) is 0.864. The molecule has 6 heteroatoms. The molecule has 0 aromatic heterocycles. The van der Waals surface area contributed by atoms with Gasteiger partial charge in [-0.3, -0.25) is 0 Å².